The molecule has 86 valence electrons. The predicted molar refractivity (Wildman–Crippen MR) is 66.8 cm³/mol. The zero-order chi connectivity index (χ0) is 11.8. The first-order chi connectivity index (χ1) is 8.25. The fourth-order valence-corrected chi connectivity index (χ4v) is 1.92. The average Bonchev–Trinajstić information content (AvgIpc) is 2.72. The molecule has 1 aromatic carbocycles. The van der Waals surface area contributed by atoms with Crippen molar-refractivity contribution in [2.45, 2.75) is 20.0 Å². The maximum atomic E-state index is 5.70. The van der Waals surface area contributed by atoms with E-state index in [9.17, 15) is 0 Å². The summed E-state index contributed by atoms with van der Waals surface area (Å²) in [6.45, 7) is 3.99. The van der Waals surface area contributed by atoms with Crippen molar-refractivity contribution in [2.24, 2.45) is 0 Å². The van der Waals surface area contributed by atoms with Crippen LogP contribution in [0.15, 0.2) is 36.8 Å². The Morgan fingerprint density at radius 2 is 1.94 bits per heavy atom. The Kier molecular flexibility index (Phi) is 2.21. The van der Waals surface area contributed by atoms with E-state index in [0.717, 1.165) is 21.9 Å². The van der Waals surface area contributed by atoms with Gasteiger partial charge in [-0.2, -0.15) is 4.73 Å². The maximum absolute atomic E-state index is 5.70. The molecular formula is C13H13N3O. The van der Waals surface area contributed by atoms with Crippen LogP contribution in [0.1, 0.15) is 13.8 Å². The normalized spacial score (nSPS) is 11.5. The number of fused-ring (bicyclic) bond motifs is 3. The predicted octanol–water partition coefficient (Wildman–Crippen LogP) is 2.42. The molecule has 0 spiro atoms. The van der Waals surface area contributed by atoms with Crippen molar-refractivity contribution < 1.29 is 4.84 Å². The second-order valence-corrected chi connectivity index (χ2v) is 4.23. The molecule has 2 aromatic heterocycles. The SMILES string of the molecule is CC(C)On1cnc2cnc3ccccc3c21. The molecule has 0 aliphatic rings. The number of para-hydroxylation sites is 1. The van der Waals surface area contributed by atoms with Crippen molar-refractivity contribution in [3.63, 3.8) is 0 Å². The number of nitrogens with zero attached hydrogens (tertiary/aromatic N) is 3. The molecule has 0 saturated heterocycles. The first kappa shape index (κ1) is 10.1. The monoisotopic (exact) mass is 227 g/mol. The van der Waals surface area contributed by atoms with Gasteiger partial charge in [-0.1, -0.05) is 18.2 Å². The minimum absolute atomic E-state index is 0.110. The van der Waals surface area contributed by atoms with Crippen molar-refractivity contribution in [3.05, 3.63) is 36.8 Å². The standard InChI is InChI=1S/C13H13N3O/c1-9(2)17-16-8-15-12-7-14-11-6-4-3-5-10(11)13(12)16/h3-9H,1-2H3. The fraction of sp³-hybridized carbons (Fsp3) is 0.231. The quantitative estimate of drug-likeness (QED) is 0.675. The van der Waals surface area contributed by atoms with E-state index in [1.807, 2.05) is 38.1 Å². The number of imidazole rings is 1. The van der Waals surface area contributed by atoms with E-state index >= 15 is 0 Å². The van der Waals surface area contributed by atoms with Gasteiger partial charge in [0.15, 0.2) is 0 Å². The first-order valence-electron chi connectivity index (χ1n) is 5.63. The molecule has 0 aliphatic carbocycles. The molecule has 2 heterocycles. The lowest BCUT2D eigenvalue weighted by molar-refractivity contribution is 0.0678. The van der Waals surface area contributed by atoms with Gasteiger partial charge in [0.1, 0.15) is 23.5 Å². The van der Waals surface area contributed by atoms with Gasteiger partial charge < -0.3 is 4.84 Å². The van der Waals surface area contributed by atoms with Gasteiger partial charge in [0.2, 0.25) is 0 Å². The summed E-state index contributed by atoms with van der Waals surface area (Å²) in [5.41, 5.74) is 2.78. The van der Waals surface area contributed by atoms with Gasteiger partial charge in [-0.25, -0.2) is 4.98 Å². The number of hydrogen-bond donors (Lipinski definition) is 0. The van der Waals surface area contributed by atoms with Crippen LogP contribution in [0.2, 0.25) is 0 Å². The van der Waals surface area contributed by atoms with Crippen molar-refractivity contribution in [1.82, 2.24) is 14.7 Å². The third kappa shape index (κ3) is 1.62. The van der Waals surface area contributed by atoms with E-state index in [4.69, 9.17) is 4.84 Å². The zero-order valence-electron chi connectivity index (χ0n) is 9.79. The van der Waals surface area contributed by atoms with E-state index in [1.165, 1.54) is 0 Å². The van der Waals surface area contributed by atoms with E-state index in [-0.39, 0.29) is 6.10 Å². The van der Waals surface area contributed by atoms with Gasteiger partial charge in [0.05, 0.1) is 11.7 Å². The minimum Gasteiger partial charge on any atom is -0.410 e. The van der Waals surface area contributed by atoms with Gasteiger partial charge in [-0.05, 0) is 19.9 Å². The minimum atomic E-state index is 0.110. The lowest BCUT2D eigenvalue weighted by Gasteiger charge is -2.11. The molecule has 0 atom stereocenters. The van der Waals surface area contributed by atoms with E-state index < -0.39 is 0 Å². The van der Waals surface area contributed by atoms with Crippen LogP contribution < -0.4 is 4.84 Å². The number of rotatable bonds is 2. The molecule has 17 heavy (non-hydrogen) atoms. The molecule has 0 fully saturated rings. The number of benzene rings is 1. The van der Waals surface area contributed by atoms with Gasteiger partial charge in [-0.15, -0.1) is 0 Å². The molecule has 0 saturated carbocycles. The lowest BCUT2D eigenvalue weighted by Crippen LogP contribution is -2.17. The molecule has 4 heteroatoms. The van der Waals surface area contributed by atoms with Gasteiger partial charge in [0.25, 0.3) is 0 Å². The molecule has 4 nitrogen and oxygen atoms in total. The molecule has 0 radical (unpaired) electrons. The lowest BCUT2D eigenvalue weighted by atomic mass is 10.2. The van der Waals surface area contributed by atoms with Gasteiger partial charge >= 0.3 is 0 Å². The average molecular weight is 227 g/mol. The number of hydrogen-bond acceptors (Lipinski definition) is 3. The summed E-state index contributed by atoms with van der Waals surface area (Å²) < 4.78 is 1.73. The highest BCUT2D eigenvalue weighted by atomic mass is 16.7. The first-order valence-corrected chi connectivity index (χ1v) is 5.63. The van der Waals surface area contributed by atoms with Crippen LogP contribution in [0.3, 0.4) is 0 Å². The highest BCUT2D eigenvalue weighted by Crippen LogP contribution is 2.21. The molecule has 3 aromatic rings. The highest BCUT2D eigenvalue weighted by molar-refractivity contribution is 6.01. The van der Waals surface area contributed by atoms with Crippen LogP contribution in [-0.4, -0.2) is 20.8 Å². The molecule has 0 bridgehead atoms. The molecule has 0 unspecified atom stereocenters. The maximum Gasteiger partial charge on any atom is 0.133 e. The molecule has 0 N–H and O–H groups in total. The van der Waals surface area contributed by atoms with Crippen LogP contribution in [0.5, 0.6) is 0 Å². The van der Waals surface area contributed by atoms with Crippen LogP contribution in [-0.2, 0) is 0 Å². The Bertz CT molecular complexity index is 673. The Balaban J connectivity index is 2.34. The second-order valence-electron chi connectivity index (χ2n) is 4.23. The van der Waals surface area contributed by atoms with Crippen molar-refractivity contribution >= 4 is 21.9 Å². The Labute approximate surface area is 98.8 Å². The Hall–Kier alpha value is -2.10. The van der Waals surface area contributed by atoms with E-state index in [2.05, 4.69) is 9.97 Å². The molecule has 0 aliphatic heterocycles. The van der Waals surface area contributed by atoms with Crippen molar-refractivity contribution in [2.75, 3.05) is 0 Å². The number of pyridine rings is 1. The third-order valence-corrected chi connectivity index (χ3v) is 2.57. The van der Waals surface area contributed by atoms with Crippen LogP contribution in [0.25, 0.3) is 21.9 Å². The van der Waals surface area contributed by atoms with Crippen LogP contribution in [0.4, 0.5) is 0 Å². The highest BCUT2D eigenvalue weighted by Gasteiger charge is 2.09. The summed E-state index contributed by atoms with van der Waals surface area (Å²) in [7, 11) is 0. The summed E-state index contributed by atoms with van der Waals surface area (Å²) >= 11 is 0. The third-order valence-electron chi connectivity index (χ3n) is 2.57. The largest absolute Gasteiger partial charge is 0.410 e. The second kappa shape index (κ2) is 3.73. The fourth-order valence-electron chi connectivity index (χ4n) is 1.92. The van der Waals surface area contributed by atoms with Crippen LogP contribution >= 0.6 is 0 Å². The summed E-state index contributed by atoms with van der Waals surface area (Å²) in [6, 6.07) is 8.00. The topological polar surface area (TPSA) is 39.9 Å². The summed E-state index contributed by atoms with van der Waals surface area (Å²) in [4.78, 5) is 14.4. The molecular weight excluding hydrogens is 214 g/mol. The van der Waals surface area contributed by atoms with Gasteiger partial charge in [0, 0.05) is 5.39 Å². The Morgan fingerprint density at radius 1 is 1.12 bits per heavy atom. The Morgan fingerprint density at radius 3 is 2.76 bits per heavy atom. The number of aromatic nitrogens is 3. The van der Waals surface area contributed by atoms with Crippen molar-refractivity contribution in [3.8, 4) is 0 Å². The summed E-state index contributed by atoms with van der Waals surface area (Å²) in [6.07, 6.45) is 3.58. The van der Waals surface area contributed by atoms with E-state index in [0.29, 0.717) is 0 Å². The van der Waals surface area contributed by atoms with Crippen molar-refractivity contribution in [1.29, 1.82) is 0 Å². The van der Waals surface area contributed by atoms with E-state index in [1.54, 1.807) is 17.3 Å². The smallest absolute Gasteiger partial charge is 0.133 e. The summed E-state index contributed by atoms with van der Waals surface area (Å²) in [5, 5.41) is 1.06. The van der Waals surface area contributed by atoms with Crippen LogP contribution in [0, 0.1) is 0 Å². The zero-order valence-corrected chi connectivity index (χ0v) is 9.79. The van der Waals surface area contributed by atoms with Gasteiger partial charge in [-0.3, -0.25) is 4.98 Å². The molecule has 3 rings (SSSR count). The summed E-state index contributed by atoms with van der Waals surface area (Å²) in [5.74, 6) is 0. The molecule has 0 amide bonds.